The van der Waals surface area contributed by atoms with Gasteiger partial charge in [-0.25, -0.2) is 4.57 Å². The highest BCUT2D eigenvalue weighted by atomic mass is 35.5. The molecule has 1 aromatic heterocycles. The summed E-state index contributed by atoms with van der Waals surface area (Å²) in [7, 11) is 3.00. The smallest absolute Gasteiger partial charge is 0.295 e. The van der Waals surface area contributed by atoms with Crippen LogP contribution in [0.25, 0.3) is 5.76 Å². The molecule has 9 nitrogen and oxygen atoms in total. The van der Waals surface area contributed by atoms with Crippen molar-refractivity contribution in [1.29, 1.82) is 0 Å². The van der Waals surface area contributed by atoms with E-state index in [2.05, 4.69) is 4.98 Å². The fourth-order valence-electron chi connectivity index (χ4n) is 4.52. The van der Waals surface area contributed by atoms with Crippen LogP contribution < -0.4 is 18.8 Å². The van der Waals surface area contributed by atoms with Crippen LogP contribution in [-0.4, -0.2) is 54.1 Å². The zero-order valence-corrected chi connectivity index (χ0v) is 21.6. The molecule has 0 spiro atoms. The number of aromatic amines is 1. The van der Waals surface area contributed by atoms with Gasteiger partial charge in [0.1, 0.15) is 23.9 Å². The van der Waals surface area contributed by atoms with Crippen molar-refractivity contribution in [2.24, 2.45) is 0 Å². The summed E-state index contributed by atoms with van der Waals surface area (Å²) >= 11 is 6.35. The normalized spacial score (nSPS) is 16.8. The van der Waals surface area contributed by atoms with Crippen LogP contribution in [0.5, 0.6) is 17.2 Å². The van der Waals surface area contributed by atoms with Crippen molar-refractivity contribution in [3.05, 3.63) is 76.8 Å². The summed E-state index contributed by atoms with van der Waals surface area (Å²) < 4.78 is 18.5. The quantitative estimate of drug-likeness (QED) is 0.180. The number of nitrogens with zero attached hydrogens (tertiary/aromatic N) is 2. The molecule has 1 saturated heterocycles. The maximum atomic E-state index is 13.4. The van der Waals surface area contributed by atoms with Crippen LogP contribution in [-0.2, 0) is 16.1 Å². The standard InChI is InChI=1S/C27H28ClN3O6/c1-4-37-20-10-9-17(15-19(20)28)24(32)22-23(18-7-5-8-21(35-2)26(18)36-3)31(27(34)25(22)33)13-6-12-30-14-11-29-16-30/h5,7-11,14-16,23H,4,6,12-13H2,1-3H3,(H,32,33)/p+1. The number of H-pyrrole nitrogens is 1. The van der Waals surface area contributed by atoms with Gasteiger partial charge in [-0.3, -0.25) is 14.6 Å². The molecule has 2 N–H and O–H groups in total. The molecule has 1 atom stereocenters. The molecule has 1 fully saturated rings. The maximum absolute atomic E-state index is 13.4. The third kappa shape index (κ3) is 5.13. The van der Waals surface area contributed by atoms with E-state index in [-0.39, 0.29) is 22.9 Å². The molecular formula is C27H29ClN3O6+. The lowest BCUT2D eigenvalue weighted by Gasteiger charge is -2.27. The first kappa shape index (κ1) is 26.1. The van der Waals surface area contributed by atoms with Crippen molar-refractivity contribution in [1.82, 2.24) is 9.88 Å². The van der Waals surface area contributed by atoms with Crippen LogP contribution in [0, 0.1) is 0 Å². The number of benzene rings is 2. The predicted molar refractivity (Wildman–Crippen MR) is 137 cm³/mol. The third-order valence-electron chi connectivity index (χ3n) is 6.19. The van der Waals surface area contributed by atoms with Gasteiger partial charge in [0.2, 0.25) is 6.33 Å². The lowest BCUT2D eigenvalue weighted by Crippen LogP contribution is -2.36. The molecule has 3 aromatic rings. The van der Waals surface area contributed by atoms with Crippen molar-refractivity contribution >= 4 is 29.1 Å². The van der Waals surface area contributed by atoms with E-state index in [1.807, 2.05) is 24.0 Å². The molecule has 2 aromatic carbocycles. The van der Waals surface area contributed by atoms with Gasteiger partial charge in [-0.05, 0) is 31.2 Å². The highest BCUT2D eigenvalue weighted by Gasteiger charge is 2.47. The Kier molecular flexibility index (Phi) is 8.03. The van der Waals surface area contributed by atoms with E-state index in [0.717, 1.165) is 0 Å². The Morgan fingerprint density at radius 1 is 1.16 bits per heavy atom. The van der Waals surface area contributed by atoms with E-state index in [1.54, 1.807) is 36.5 Å². The van der Waals surface area contributed by atoms with Crippen molar-refractivity contribution < 1.29 is 33.5 Å². The maximum Gasteiger partial charge on any atom is 0.295 e. The molecule has 4 rings (SSSR count). The Bertz CT molecular complexity index is 1320. The fraction of sp³-hybridized carbons (Fsp3) is 0.296. The Balaban J connectivity index is 1.82. The van der Waals surface area contributed by atoms with Crippen LogP contribution in [0.1, 0.15) is 30.5 Å². The first-order chi connectivity index (χ1) is 17.9. The third-order valence-corrected chi connectivity index (χ3v) is 6.49. The summed E-state index contributed by atoms with van der Waals surface area (Å²) in [4.78, 5) is 31.1. The van der Waals surface area contributed by atoms with Gasteiger partial charge < -0.3 is 24.2 Å². The summed E-state index contributed by atoms with van der Waals surface area (Å²) in [5.41, 5.74) is 0.765. The van der Waals surface area contributed by atoms with Gasteiger partial charge in [0.25, 0.3) is 11.7 Å². The Hall–Kier alpha value is -3.98. The minimum atomic E-state index is -0.897. The number of Topliss-reactive ketones (excluding diaryl/α,β-unsaturated/α-hetero) is 1. The summed E-state index contributed by atoms with van der Waals surface area (Å²) in [6.07, 6.45) is 6.07. The highest BCUT2D eigenvalue weighted by Crippen LogP contribution is 2.45. The second-order valence-corrected chi connectivity index (χ2v) is 8.76. The number of aryl methyl sites for hydroxylation is 1. The van der Waals surface area contributed by atoms with Gasteiger partial charge in [-0.2, -0.15) is 0 Å². The van der Waals surface area contributed by atoms with Gasteiger partial charge in [-0.15, -0.1) is 0 Å². The van der Waals surface area contributed by atoms with E-state index in [9.17, 15) is 14.7 Å². The van der Waals surface area contributed by atoms with Crippen LogP contribution in [0.4, 0.5) is 0 Å². The lowest BCUT2D eigenvalue weighted by atomic mass is 9.94. The van der Waals surface area contributed by atoms with Gasteiger partial charge in [0, 0.05) is 24.1 Å². The number of likely N-dealkylation sites (tertiary alicyclic amines) is 1. The Morgan fingerprint density at radius 3 is 2.62 bits per heavy atom. The van der Waals surface area contributed by atoms with Crippen molar-refractivity contribution in [3.8, 4) is 17.2 Å². The number of halogens is 1. The van der Waals surface area contributed by atoms with Crippen molar-refractivity contribution in [3.63, 3.8) is 0 Å². The largest absolute Gasteiger partial charge is 0.507 e. The number of aliphatic hydroxyl groups excluding tert-OH is 1. The van der Waals surface area contributed by atoms with Gasteiger partial charge >= 0.3 is 0 Å². The minimum Gasteiger partial charge on any atom is -0.507 e. The fourth-order valence-corrected chi connectivity index (χ4v) is 4.76. The number of imidazole rings is 1. The molecule has 1 aliphatic rings. The molecule has 194 valence electrons. The molecule has 0 aliphatic carbocycles. The average Bonchev–Trinajstić information content (AvgIpc) is 3.51. The molecular weight excluding hydrogens is 498 g/mol. The van der Waals surface area contributed by atoms with Crippen LogP contribution in [0.3, 0.4) is 0 Å². The molecule has 0 radical (unpaired) electrons. The van der Waals surface area contributed by atoms with Crippen molar-refractivity contribution in [2.45, 2.75) is 25.9 Å². The molecule has 1 unspecified atom stereocenters. The number of aromatic nitrogens is 2. The number of rotatable bonds is 10. The van der Waals surface area contributed by atoms with Gasteiger partial charge in [-0.1, -0.05) is 23.7 Å². The minimum absolute atomic E-state index is 0.0499. The van der Waals surface area contributed by atoms with Crippen LogP contribution in [0.2, 0.25) is 5.02 Å². The second kappa shape index (κ2) is 11.4. The van der Waals surface area contributed by atoms with Crippen LogP contribution in [0.15, 0.2) is 60.7 Å². The van der Waals surface area contributed by atoms with E-state index in [1.165, 1.54) is 25.2 Å². The van der Waals surface area contributed by atoms with E-state index in [0.29, 0.717) is 47.9 Å². The lowest BCUT2D eigenvalue weighted by molar-refractivity contribution is -0.695. The Labute approximate surface area is 219 Å². The zero-order chi connectivity index (χ0) is 26.5. The number of nitrogens with one attached hydrogen (secondary N) is 1. The van der Waals surface area contributed by atoms with Crippen molar-refractivity contribution in [2.75, 3.05) is 27.4 Å². The monoisotopic (exact) mass is 526 g/mol. The summed E-state index contributed by atoms with van der Waals surface area (Å²) in [5.74, 6) is -0.551. The predicted octanol–water partition coefficient (Wildman–Crippen LogP) is 3.88. The van der Waals surface area contributed by atoms with E-state index < -0.39 is 17.7 Å². The molecule has 0 saturated carbocycles. The average molecular weight is 527 g/mol. The SMILES string of the molecule is CCOc1ccc(C(O)=C2C(=O)C(=O)N(CCC[n+]3cc[nH]c3)C2c2cccc(OC)c2OC)cc1Cl. The van der Waals surface area contributed by atoms with E-state index >= 15 is 0 Å². The summed E-state index contributed by atoms with van der Waals surface area (Å²) in [6, 6.07) is 9.06. The van der Waals surface area contributed by atoms with Crippen LogP contribution >= 0.6 is 11.6 Å². The molecule has 10 heteroatoms. The molecule has 1 amide bonds. The Morgan fingerprint density at radius 2 is 1.97 bits per heavy atom. The number of aliphatic hydroxyl groups is 1. The topological polar surface area (TPSA) is 105 Å². The number of ether oxygens (including phenoxy) is 3. The molecule has 0 bridgehead atoms. The molecule has 1 aliphatic heterocycles. The summed E-state index contributed by atoms with van der Waals surface area (Å²) in [5, 5.41) is 11.6. The first-order valence-electron chi connectivity index (χ1n) is 11.8. The number of hydrogen-bond acceptors (Lipinski definition) is 6. The number of ketones is 1. The zero-order valence-electron chi connectivity index (χ0n) is 20.9. The number of amides is 1. The number of carbonyl (C=O) groups excluding carboxylic acids is 2. The number of methoxy groups -OCH3 is 2. The first-order valence-corrected chi connectivity index (χ1v) is 12.2. The second-order valence-electron chi connectivity index (χ2n) is 8.36. The highest BCUT2D eigenvalue weighted by molar-refractivity contribution is 6.46. The number of carbonyl (C=O) groups is 2. The van der Waals surface area contributed by atoms with Gasteiger partial charge in [0.15, 0.2) is 11.5 Å². The molecule has 2 heterocycles. The van der Waals surface area contributed by atoms with E-state index in [4.69, 9.17) is 25.8 Å². The molecule has 37 heavy (non-hydrogen) atoms. The number of para-hydroxylation sites is 1. The summed E-state index contributed by atoms with van der Waals surface area (Å²) in [6.45, 7) is 3.16. The number of hydrogen-bond donors (Lipinski definition) is 2. The van der Waals surface area contributed by atoms with Gasteiger partial charge in [0.05, 0.1) is 44.0 Å².